The maximum atomic E-state index is 11.2. The van der Waals surface area contributed by atoms with E-state index in [0.717, 1.165) is 6.54 Å². The van der Waals surface area contributed by atoms with Gasteiger partial charge in [0.25, 0.3) is 0 Å². The quantitative estimate of drug-likeness (QED) is 0.571. The molecule has 0 N–H and O–H groups in total. The van der Waals surface area contributed by atoms with Crippen molar-refractivity contribution in [2.24, 2.45) is 0 Å². The van der Waals surface area contributed by atoms with Crippen LogP contribution in [0, 0.1) is 0 Å². The van der Waals surface area contributed by atoms with Crippen LogP contribution in [0.3, 0.4) is 0 Å². The summed E-state index contributed by atoms with van der Waals surface area (Å²) >= 11 is 0. The SMILES string of the molecule is CCN1CCS(=O)(=O)[C@@H](C)C1. The van der Waals surface area contributed by atoms with Crippen molar-refractivity contribution in [3.05, 3.63) is 0 Å². The highest BCUT2D eigenvalue weighted by Crippen LogP contribution is 2.10. The summed E-state index contributed by atoms with van der Waals surface area (Å²) in [6.45, 7) is 6.23. The van der Waals surface area contributed by atoms with Crippen LogP contribution in [0.2, 0.25) is 0 Å². The Morgan fingerprint density at radius 2 is 2.18 bits per heavy atom. The second kappa shape index (κ2) is 3.11. The molecular formula is C7H15NO2S. The number of hydrogen-bond acceptors (Lipinski definition) is 3. The Labute approximate surface area is 68.3 Å². The molecule has 0 saturated carbocycles. The molecule has 0 amide bonds. The Morgan fingerprint density at radius 3 is 2.64 bits per heavy atom. The normalized spacial score (nSPS) is 32.0. The van der Waals surface area contributed by atoms with Gasteiger partial charge in [-0.3, -0.25) is 0 Å². The van der Waals surface area contributed by atoms with E-state index in [1.807, 2.05) is 0 Å². The molecule has 3 nitrogen and oxygen atoms in total. The van der Waals surface area contributed by atoms with Crippen molar-refractivity contribution in [3.63, 3.8) is 0 Å². The second-order valence-electron chi connectivity index (χ2n) is 3.07. The summed E-state index contributed by atoms with van der Waals surface area (Å²) in [5, 5.41) is -0.170. The minimum atomic E-state index is -2.75. The summed E-state index contributed by atoms with van der Waals surface area (Å²) in [7, 11) is -2.75. The van der Waals surface area contributed by atoms with E-state index in [0.29, 0.717) is 18.8 Å². The summed E-state index contributed by atoms with van der Waals surface area (Å²) in [6, 6.07) is 0. The van der Waals surface area contributed by atoms with Crippen LogP contribution in [0.25, 0.3) is 0 Å². The van der Waals surface area contributed by atoms with Crippen LogP contribution in [0.5, 0.6) is 0 Å². The van der Waals surface area contributed by atoms with Crippen molar-refractivity contribution < 1.29 is 8.42 Å². The van der Waals surface area contributed by atoms with Crippen LogP contribution in [-0.2, 0) is 9.84 Å². The Morgan fingerprint density at radius 1 is 1.55 bits per heavy atom. The minimum absolute atomic E-state index is 0.170. The fourth-order valence-corrected chi connectivity index (χ4v) is 2.67. The molecule has 0 radical (unpaired) electrons. The minimum Gasteiger partial charge on any atom is -0.301 e. The van der Waals surface area contributed by atoms with E-state index in [9.17, 15) is 8.42 Å². The number of nitrogens with zero attached hydrogens (tertiary/aromatic N) is 1. The van der Waals surface area contributed by atoms with E-state index >= 15 is 0 Å². The highest BCUT2D eigenvalue weighted by molar-refractivity contribution is 7.92. The van der Waals surface area contributed by atoms with Crippen molar-refractivity contribution in [3.8, 4) is 0 Å². The average Bonchev–Trinajstić information content (AvgIpc) is 1.95. The lowest BCUT2D eigenvalue weighted by atomic mass is 10.4. The van der Waals surface area contributed by atoms with Crippen LogP contribution in [-0.4, -0.2) is 44.0 Å². The molecule has 1 aliphatic rings. The first kappa shape index (κ1) is 9.00. The summed E-state index contributed by atoms with van der Waals surface area (Å²) in [6.07, 6.45) is 0. The largest absolute Gasteiger partial charge is 0.301 e. The zero-order valence-corrected chi connectivity index (χ0v) is 7.89. The molecule has 0 bridgehead atoms. The maximum absolute atomic E-state index is 11.2. The van der Waals surface area contributed by atoms with Gasteiger partial charge in [-0.1, -0.05) is 6.92 Å². The highest BCUT2D eigenvalue weighted by atomic mass is 32.2. The molecule has 0 spiro atoms. The summed E-state index contributed by atoms with van der Waals surface area (Å²) in [5.74, 6) is 0.335. The molecule has 0 aliphatic carbocycles. The van der Waals surface area contributed by atoms with E-state index in [-0.39, 0.29) is 5.25 Å². The zero-order chi connectivity index (χ0) is 8.48. The third kappa shape index (κ3) is 1.93. The molecule has 11 heavy (non-hydrogen) atoms. The number of rotatable bonds is 1. The van der Waals surface area contributed by atoms with Gasteiger partial charge in [-0.25, -0.2) is 8.42 Å². The summed E-state index contributed by atoms with van der Waals surface area (Å²) in [4.78, 5) is 2.17. The van der Waals surface area contributed by atoms with Gasteiger partial charge in [0.2, 0.25) is 0 Å². The molecule has 1 atom stereocenters. The van der Waals surface area contributed by atoms with Crippen LogP contribution in [0.1, 0.15) is 13.8 Å². The maximum Gasteiger partial charge on any atom is 0.155 e. The standard InChI is InChI=1S/C7H15NO2S/c1-3-8-4-5-11(9,10)7(2)6-8/h7H,3-6H2,1-2H3/t7-/m0/s1. The van der Waals surface area contributed by atoms with Crippen LogP contribution in [0.15, 0.2) is 0 Å². The lowest BCUT2D eigenvalue weighted by molar-refractivity contribution is 0.292. The third-order valence-electron chi connectivity index (χ3n) is 2.27. The average molecular weight is 177 g/mol. The lowest BCUT2D eigenvalue weighted by Gasteiger charge is -2.29. The van der Waals surface area contributed by atoms with Gasteiger partial charge >= 0.3 is 0 Å². The highest BCUT2D eigenvalue weighted by Gasteiger charge is 2.27. The molecule has 66 valence electrons. The predicted molar refractivity (Wildman–Crippen MR) is 45.4 cm³/mol. The van der Waals surface area contributed by atoms with Gasteiger partial charge in [-0.15, -0.1) is 0 Å². The second-order valence-corrected chi connectivity index (χ2v) is 5.61. The molecule has 0 aromatic heterocycles. The topological polar surface area (TPSA) is 37.4 Å². The van der Waals surface area contributed by atoms with Gasteiger partial charge in [-0.05, 0) is 13.5 Å². The van der Waals surface area contributed by atoms with Gasteiger partial charge in [0.15, 0.2) is 9.84 Å². The molecule has 1 heterocycles. The van der Waals surface area contributed by atoms with E-state index in [2.05, 4.69) is 11.8 Å². The first-order valence-corrected chi connectivity index (χ1v) is 5.71. The van der Waals surface area contributed by atoms with Gasteiger partial charge in [0, 0.05) is 13.1 Å². The predicted octanol–water partition coefficient (Wildman–Crippen LogP) is 0.125. The monoisotopic (exact) mass is 177 g/mol. The van der Waals surface area contributed by atoms with Crippen molar-refractivity contribution >= 4 is 9.84 Å². The molecule has 0 unspecified atom stereocenters. The molecule has 1 saturated heterocycles. The Kier molecular flexibility index (Phi) is 2.54. The molecule has 1 aliphatic heterocycles. The fourth-order valence-electron chi connectivity index (χ4n) is 1.31. The van der Waals surface area contributed by atoms with E-state index in [1.165, 1.54) is 0 Å². The molecule has 0 aromatic carbocycles. The Balaban J connectivity index is 2.62. The van der Waals surface area contributed by atoms with E-state index < -0.39 is 9.84 Å². The fraction of sp³-hybridized carbons (Fsp3) is 1.00. The van der Waals surface area contributed by atoms with Crippen molar-refractivity contribution in [1.29, 1.82) is 0 Å². The number of sulfone groups is 1. The van der Waals surface area contributed by atoms with Crippen LogP contribution >= 0.6 is 0 Å². The molecular weight excluding hydrogens is 162 g/mol. The lowest BCUT2D eigenvalue weighted by Crippen LogP contribution is -2.45. The third-order valence-corrected chi connectivity index (χ3v) is 4.39. The van der Waals surface area contributed by atoms with Crippen LogP contribution < -0.4 is 0 Å². The van der Waals surface area contributed by atoms with Gasteiger partial charge in [0.05, 0.1) is 11.0 Å². The zero-order valence-electron chi connectivity index (χ0n) is 7.08. The molecule has 4 heteroatoms. The van der Waals surface area contributed by atoms with Gasteiger partial charge in [0.1, 0.15) is 0 Å². The van der Waals surface area contributed by atoms with Crippen LogP contribution in [0.4, 0.5) is 0 Å². The summed E-state index contributed by atoms with van der Waals surface area (Å²) < 4.78 is 22.4. The smallest absolute Gasteiger partial charge is 0.155 e. The van der Waals surface area contributed by atoms with E-state index in [4.69, 9.17) is 0 Å². The summed E-state index contributed by atoms with van der Waals surface area (Å²) in [5.41, 5.74) is 0. The van der Waals surface area contributed by atoms with Crippen molar-refractivity contribution in [1.82, 2.24) is 4.90 Å². The first-order chi connectivity index (χ1) is 5.06. The molecule has 0 aromatic rings. The van der Waals surface area contributed by atoms with Gasteiger partial charge < -0.3 is 4.90 Å². The first-order valence-electron chi connectivity index (χ1n) is 4.00. The van der Waals surface area contributed by atoms with E-state index in [1.54, 1.807) is 6.92 Å². The van der Waals surface area contributed by atoms with Crippen molar-refractivity contribution in [2.45, 2.75) is 19.1 Å². The Bertz CT molecular complexity index is 223. The van der Waals surface area contributed by atoms with Crippen molar-refractivity contribution in [2.75, 3.05) is 25.4 Å². The Hall–Kier alpha value is -0.0900. The molecule has 1 fully saturated rings. The molecule has 1 rings (SSSR count). The number of hydrogen-bond donors (Lipinski definition) is 0. The van der Waals surface area contributed by atoms with Gasteiger partial charge in [-0.2, -0.15) is 0 Å².